The number of fused-ring (bicyclic) bond motifs is 1. The number of rotatable bonds is 6. The van der Waals surface area contributed by atoms with Gasteiger partial charge in [-0.3, -0.25) is 14.2 Å². The number of aromatic nitrogens is 2. The second kappa shape index (κ2) is 7.84. The molecule has 1 atom stereocenters. The fourth-order valence-electron chi connectivity index (χ4n) is 2.43. The van der Waals surface area contributed by atoms with Crippen LogP contribution in [0.25, 0.3) is 10.2 Å². The molecule has 0 aliphatic carbocycles. The third kappa shape index (κ3) is 3.93. The average Bonchev–Trinajstić information content (AvgIpc) is 3.11. The summed E-state index contributed by atoms with van der Waals surface area (Å²) in [6.45, 7) is 2.45. The zero-order valence-corrected chi connectivity index (χ0v) is 15.7. The first-order chi connectivity index (χ1) is 12.1. The van der Waals surface area contributed by atoms with Gasteiger partial charge in [0.2, 0.25) is 5.91 Å². The van der Waals surface area contributed by atoms with Gasteiger partial charge in [-0.15, -0.1) is 11.3 Å². The molecule has 3 aromatic rings. The third-order valence-corrected chi connectivity index (χ3v) is 6.10. The van der Waals surface area contributed by atoms with Crippen LogP contribution >= 0.6 is 23.1 Å². The minimum atomic E-state index is -0.292. The molecule has 0 aliphatic heterocycles. The van der Waals surface area contributed by atoms with Crippen molar-refractivity contribution in [2.75, 3.05) is 0 Å². The maximum atomic E-state index is 12.5. The zero-order valence-electron chi connectivity index (χ0n) is 14.1. The first-order valence-electron chi connectivity index (χ1n) is 8.02. The second-order valence-corrected chi connectivity index (χ2v) is 7.68. The monoisotopic (exact) mass is 373 g/mol. The molecule has 1 amide bonds. The maximum Gasteiger partial charge on any atom is 0.262 e. The molecule has 3 rings (SSSR count). The molecule has 0 fully saturated rings. The molecular weight excluding hydrogens is 354 g/mol. The van der Waals surface area contributed by atoms with Gasteiger partial charge in [-0.2, -0.15) is 0 Å². The van der Waals surface area contributed by atoms with Gasteiger partial charge in [-0.25, -0.2) is 4.98 Å². The molecule has 0 aliphatic rings. The summed E-state index contributed by atoms with van der Waals surface area (Å²) in [4.78, 5) is 30.2. The van der Waals surface area contributed by atoms with E-state index in [0.717, 1.165) is 5.56 Å². The maximum absolute atomic E-state index is 12.5. The van der Waals surface area contributed by atoms with E-state index in [4.69, 9.17) is 0 Å². The van der Waals surface area contributed by atoms with E-state index >= 15 is 0 Å². The van der Waals surface area contributed by atoms with E-state index in [0.29, 0.717) is 28.3 Å². The van der Waals surface area contributed by atoms with Crippen LogP contribution in [0.1, 0.15) is 18.9 Å². The summed E-state index contributed by atoms with van der Waals surface area (Å²) in [5.41, 5.74) is 0.981. The van der Waals surface area contributed by atoms with Crippen molar-refractivity contribution in [1.29, 1.82) is 0 Å². The van der Waals surface area contributed by atoms with Gasteiger partial charge < -0.3 is 5.32 Å². The number of carbonyl (C=O) groups excluding carboxylic acids is 1. The summed E-state index contributed by atoms with van der Waals surface area (Å²) in [7, 11) is 1.70. The van der Waals surface area contributed by atoms with Gasteiger partial charge in [-0.1, -0.05) is 49.0 Å². The second-order valence-electron chi connectivity index (χ2n) is 5.62. The van der Waals surface area contributed by atoms with Crippen LogP contribution in [-0.4, -0.2) is 20.7 Å². The zero-order chi connectivity index (χ0) is 17.8. The number of thioether (sulfide) groups is 1. The highest BCUT2D eigenvalue weighted by molar-refractivity contribution is 8.00. The lowest BCUT2D eigenvalue weighted by atomic mass is 10.2. The van der Waals surface area contributed by atoms with Crippen molar-refractivity contribution in [2.45, 2.75) is 30.3 Å². The predicted molar refractivity (Wildman–Crippen MR) is 103 cm³/mol. The Labute approximate surface area is 154 Å². The molecule has 130 valence electrons. The van der Waals surface area contributed by atoms with Crippen LogP contribution < -0.4 is 10.9 Å². The molecule has 1 unspecified atom stereocenters. The van der Waals surface area contributed by atoms with Crippen molar-refractivity contribution in [3.8, 4) is 0 Å². The Morgan fingerprint density at radius 1 is 1.32 bits per heavy atom. The van der Waals surface area contributed by atoms with Crippen LogP contribution in [0.15, 0.2) is 51.7 Å². The molecule has 0 bridgehead atoms. The highest BCUT2D eigenvalue weighted by atomic mass is 32.2. The standard InChI is InChI=1S/C18H19N3O2S2/c1-3-14(15(22)19-11-12-7-5-4-6-8-12)25-18-20-16-13(9-10-24-16)17(23)21(18)2/h4-10,14H,3,11H2,1-2H3,(H,19,22). The Balaban J connectivity index is 1.74. The molecule has 0 saturated carbocycles. The van der Waals surface area contributed by atoms with E-state index in [-0.39, 0.29) is 16.7 Å². The molecular formula is C18H19N3O2S2. The molecule has 2 heterocycles. The summed E-state index contributed by atoms with van der Waals surface area (Å²) < 4.78 is 1.52. The summed E-state index contributed by atoms with van der Waals surface area (Å²) >= 11 is 2.77. The van der Waals surface area contributed by atoms with Crippen LogP contribution in [0.5, 0.6) is 0 Å². The lowest BCUT2D eigenvalue weighted by Crippen LogP contribution is -2.32. The summed E-state index contributed by atoms with van der Waals surface area (Å²) in [6, 6.07) is 11.6. The number of carbonyl (C=O) groups is 1. The molecule has 0 saturated heterocycles. The van der Waals surface area contributed by atoms with E-state index in [1.54, 1.807) is 13.1 Å². The van der Waals surface area contributed by atoms with Crippen molar-refractivity contribution in [2.24, 2.45) is 7.05 Å². The lowest BCUT2D eigenvalue weighted by molar-refractivity contribution is -0.120. The van der Waals surface area contributed by atoms with Crippen molar-refractivity contribution in [1.82, 2.24) is 14.9 Å². The highest BCUT2D eigenvalue weighted by Gasteiger charge is 2.21. The summed E-state index contributed by atoms with van der Waals surface area (Å²) in [5.74, 6) is -0.0446. The van der Waals surface area contributed by atoms with Gasteiger partial charge in [0.1, 0.15) is 4.83 Å². The van der Waals surface area contributed by atoms with Crippen LogP contribution in [0.4, 0.5) is 0 Å². The van der Waals surface area contributed by atoms with Gasteiger partial charge in [0.15, 0.2) is 5.16 Å². The fraction of sp³-hybridized carbons (Fsp3) is 0.278. The molecule has 5 nitrogen and oxygen atoms in total. The van der Waals surface area contributed by atoms with Crippen LogP contribution in [0.3, 0.4) is 0 Å². The molecule has 1 aromatic carbocycles. The summed E-state index contributed by atoms with van der Waals surface area (Å²) in [6.07, 6.45) is 0.656. The van der Waals surface area contributed by atoms with Crippen molar-refractivity contribution in [3.63, 3.8) is 0 Å². The molecule has 0 radical (unpaired) electrons. The number of nitrogens with one attached hydrogen (secondary N) is 1. The highest BCUT2D eigenvalue weighted by Crippen LogP contribution is 2.25. The van der Waals surface area contributed by atoms with Gasteiger partial charge in [-0.05, 0) is 23.4 Å². The summed E-state index contributed by atoms with van der Waals surface area (Å²) in [5, 5.41) is 5.72. The average molecular weight is 374 g/mol. The van der Waals surface area contributed by atoms with Crippen LogP contribution in [0, 0.1) is 0 Å². The van der Waals surface area contributed by atoms with Crippen molar-refractivity contribution < 1.29 is 4.79 Å². The van der Waals surface area contributed by atoms with Gasteiger partial charge >= 0.3 is 0 Å². The third-order valence-electron chi connectivity index (χ3n) is 3.88. The normalized spacial score (nSPS) is 12.2. The minimum absolute atomic E-state index is 0.0446. The van der Waals surface area contributed by atoms with E-state index in [9.17, 15) is 9.59 Å². The van der Waals surface area contributed by atoms with E-state index in [1.165, 1.54) is 27.7 Å². The van der Waals surface area contributed by atoms with Gasteiger partial charge in [0.25, 0.3) is 5.56 Å². The lowest BCUT2D eigenvalue weighted by Gasteiger charge is -2.15. The van der Waals surface area contributed by atoms with E-state index in [1.807, 2.05) is 42.6 Å². The molecule has 0 spiro atoms. The Morgan fingerprint density at radius 2 is 2.08 bits per heavy atom. The van der Waals surface area contributed by atoms with Crippen molar-refractivity contribution in [3.05, 3.63) is 57.7 Å². The van der Waals surface area contributed by atoms with Crippen LogP contribution in [0.2, 0.25) is 0 Å². The minimum Gasteiger partial charge on any atom is -0.351 e. The molecule has 7 heteroatoms. The largest absolute Gasteiger partial charge is 0.351 e. The number of hydrogen-bond acceptors (Lipinski definition) is 5. The number of nitrogens with zero attached hydrogens (tertiary/aromatic N) is 2. The smallest absolute Gasteiger partial charge is 0.262 e. The van der Waals surface area contributed by atoms with Crippen molar-refractivity contribution >= 4 is 39.2 Å². The number of thiophene rings is 1. The van der Waals surface area contributed by atoms with Crippen LogP contribution in [-0.2, 0) is 18.4 Å². The molecule has 25 heavy (non-hydrogen) atoms. The Kier molecular flexibility index (Phi) is 5.55. The Hall–Kier alpha value is -2.12. The number of hydrogen-bond donors (Lipinski definition) is 1. The molecule has 1 N–H and O–H groups in total. The topological polar surface area (TPSA) is 64.0 Å². The van der Waals surface area contributed by atoms with Gasteiger partial charge in [0.05, 0.1) is 10.6 Å². The Bertz CT molecular complexity index is 934. The van der Waals surface area contributed by atoms with Gasteiger partial charge in [0, 0.05) is 13.6 Å². The van der Waals surface area contributed by atoms with E-state index < -0.39 is 0 Å². The first kappa shape index (κ1) is 17.7. The van der Waals surface area contributed by atoms with E-state index in [2.05, 4.69) is 10.3 Å². The quantitative estimate of drug-likeness (QED) is 0.532. The fourth-order valence-corrected chi connectivity index (χ4v) is 4.24. The number of amides is 1. The SMILES string of the molecule is CCC(Sc1nc2sccc2c(=O)n1C)C(=O)NCc1ccccc1. The first-order valence-corrected chi connectivity index (χ1v) is 9.78. The Morgan fingerprint density at radius 3 is 2.80 bits per heavy atom. The number of benzene rings is 1. The predicted octanol–water partition coefficient (Wildman–Crippen LogP) is 3.18. The molecule has 2 aromatic heterocycles.